The Balaban J connectivity index is 1.99. The molecule has 4 rings (SSSR count). The fourth-order valence-corrected chi connectivity index (χ4v) is 6.43. The summed E-state index contributed by atoms with van der Waals surface area (Å²) in [4.78, 5) is 13.7. The summed E-state index contributed by atoms with van der Waals surface area (Å²) in [6.45, 7) is 7.50. The number of aliphatic hydroxyl groups excluding tert-OH is 3. The van der Waals surface area contributed by atoms with E-state index in [0.717, 1.165) is 6.42 Å². The molecule has 138 valence electrons. The Morgan fingerprint density at radius 3 is 2.48 bits per heavy atom. The van der Waals surface area contributed by atoms with Crippen LogP contribution in [0.25, 0.3) is 0 Å². The molecule has 1 spiro atoms. The molecule has 2 bridgehead atoms. The maximum atomic E-state index is 13.7. The van der Waals surface area contributed by atoms with E-state index in [4.69, 9.17) is 0 Å². The van der Waals surface area contributed by atoms with Crippen LogP contribution < -0.4 is 0 Å². The van der Waals surface area contributed by atoms with Gasteiger partial charge in [-0.25, -0.2) is 0 Å². The van der Waals surface area contributed by atoms with Crippen LogP contribution in [-0.4, -0.2) is 50.6 Å². The lowest BCUT2D eigenvalue weighted by Gasteiger charge is -2.48. The third kappa shape index (κ3) is 1.71. The molecule has 0 amide bonds. The van der Waals surface area contributed by atoms with Crippen molar-refractivity contribution in [3.63, 3.8) is 0 Å². The Kier molecular flexibility index (Phi) is 3.36. The van der Waals surface area contributed by atoms with E-state index in [1.807, 2.05) is 6.92 Å². The number of ketones is 1. The molecule has 0 aromatic carbocycles. The number of carbonyl (C=O) groups excluding carboxylic acids is 1. The monoisotopic (exact) mass is 348 g/mol. The summed E-state index contributed by atoms with van der Waals surface area (Å²) >= 11 is 0. The van der Waals surface area contributed by atoms with Gasteiger partial charge in [-0.05, 0) is 47.7 Å². The van der Waals surface area contributed by atoms with Crippen LogP contribution in [0.4, 0.5) is 0 Å². The molecule has 0 aliphatic heterocycles. The van der Waals surface area contributed by atoms with Gasteiger partial charge >= 0.3 is 0 Å². The Morgan fingerprint density at radius 2 is 1.88 bits per heavy atom. The zero-order valence-electron chi connectivity index (χ0n) is 15.2. The molecule has 3 unspecified atom stereocenters. The van der Waals surface area contributed by atoms with Gasteiger partial charge in [-0.15, -0.1) is 0 Å². The Bertz CT molecular complexity index is 707. The standard InChI is InChI=1S/C20H28O5/c1-9-7-19-10(2)5-13-14(18(13,3)4)12(17(19)24)6-11(8-21)16(23)20(19,25)15(9)22/h6-7,10,12-16,21-23,25H,5,8H2,1-4H3/t10?,12-,13?,14?,15-,16+,19-,20+/m0/s1. The largest absolute Gasteiger partial charge is 0.392 e. The second kappa shape index (κ2) is 4.83. The van der Waals surface area contributed by atoms with Gasteiger partial charge < -0.3 is 20.4 Å². The molecule has 2 fully saturated rings. The molecule has 4 aliphatic rings. The second-order valence-electron chi connectivity index (χ2n) is 9.27. The van der Waals surface area contributed by atoms with Gasteiger partial charge in [0, 0.05) is 5.92 Å². The summed E-state index contributed by atoms with van der Waals surface area (Å²) < 4.78 is 0. The van der Waals surface area contributed by atoms with Crippen molar-refractivity contribution in [1.29, 1.82) is 0 Å². The van der Waals surface area contributed by atoms with E-state index in [1.165, 1.54) is 0 Å². The highest BCUT2D eigenvalue weighted by molar-refractivity contribution is 5.95. The maximum absolute atomic E-state index is 13.7. The lowest BCUT2D eigenvalue weighted by atomic mass is 9.59. The minimum absolute atomic E-state index is 0.0245. The van der Waals surface area contributed by atoms with Gasteiger partial charge in [0.15, 0.2) is 5.78 Å². The van der Waals surface area contributed by atoms with Crippen molar-refractivity contribution in [2.45, 2.75) is 51.9 Å². The van der Waals surface area contributed by atoms with E-state index in [1.54, 1.807) is 19.1 Å². The minimum Gasteiger partial charge on any atom is -0.392 e. The van der Waals surface area contributed by atoms with Gasteiger partial charge in [-0.3, -0.25) is 4.79 Å². The average Bonchev–Trinajstić information content (AvgIpc) is 3.05. The molecule has 0 saturated heterocycles. The smallest absolute Gasteiger partial charge is 0.153 e. The van der Waals surface area contributed by atoms with Crippen LogP contribution in [0.5, 0.6) is 0 Å². The van der Waals surface area contributed by atoms with Crippen LogP contribution in [0.3, 0.4) is 0 Å². The molecule has 5 nitrogen and oxygen atoms in total. The maximum Gasteiger partial charge on any atom is 0.153 e. The topological polar surface area (TPSA) is 98.0 Å². The molecule has 0 aromatic rings. The van der Waals surface area contributed by atoms with Crippen LogP contribution in [0.2, 0.25) is 0 Å². The zero-order chi connectivity index (χ0) is 18.5. The number of rotatable bonds is 1. The number of aliphatic hydroxyl groups is 4. The van der Waals surface area contributed by atoms with Gasteiger partial charge in [0.1, 0.15) is 17.8 Å². The number of carbonyl (C=O) groups is 1. The van der Waals surface area contributed by atoms with E-state index < -0.39 is 35.7 Å². The van der Waals surface area contributed by atoms with E-state index in [-0.39, 0.29) is 28.6 Å². The summed E-state index contributed by atoms with van der Waals surface area (Å²) in [7, 11) is 0. The molecule has 5 heteroatoms. The second-order valence-corrected chi connectivity index (χ2v) is 9.27. The molecular formula is C20H28O5. The predicted octanol–water partition coefficient (Wildman–Crippen LogP) is 0.815. The van der Waals surface area contributed by atoms with E-state index in [2.05, 4.69) is 13.8 Å². The summed E-state index contributed by atoms with van der Waals surface area (Å²) in [5.74, 6) is -0.288. The third-order valence-electron chi connectivity index (χ3n) is 7.93. The van der Waals surface area contributed by atoms with Crippen molar-refractivity contribution in [2.75, 3.05) is 6.61 Å². The first kappa shape index (κ1) is 17.4. The summed E-state index contributed by atoms with van der Waals surface area (Å²) in [5, 5.41) is 43.0. The quantitative estimate of drug-likeness (QED) is 0.526. The van der Waals surface area contributed by atoms with Crippen molar-refractivity contribution in [3.8, 4) is 0 Å². The molecule has 0 heterocycles. The fraction of sp³-hybridized carbons (Fsp3) is 0.750. The number of Topliss-reactive ketones (excluding diaryl/α,β-unsaturated/α-hetero) is 1. The number of fused-ring (bicyclic) bond motifs is 3. The predicted molar refractivity (Wildman–Crippen MR) is 91.4 cm³/mol. The first-order valence-corrected chi connectivity index (χ1v) is 9.18. The number of allylic oxidation sites excluding steroid dienone is 1. The van der Waals surface area contributed by atoms with Gasteiger partial charge in [-0.1, -0.05) is 32.9 Å². The van der Waals surface area contributed by atoms with Crippen molar-refractivity contribution < 1.29 is 25.2 Å². The highest BCUT2D eigenvalue weighted by atomic mass is 16.4. The first-order chi connectivity index (χ1) is 11.5. The Morgan fingerprint density at radius 1 is 1.24 bits per heavy atom. The van der Waals surface area contributed by atoms with Crippen LogP contribution in [0.15, 0.2) is 23.3 Å². The highest BCUT2D eigenvalue weighted by Gasteiger charge is 2.75. The van der Waals surface area contributed by atoms with Crippen LogP contribution >= 0.6 is 0 Å². The summed E-state index contributed by atoms with van der Waals surface area (Å²) in [5.41, 5.74) is -2.58. The number of hydrogen-bond donors (Lipinski definition) is 4. The summed E-state index contributed by atoms with van der Waals surface area (Å²) in [6, 6.07) is 0. The van der Waals surface area contributed by atoms with E-state index in [9.17, 15) is 25.2 Å². The van der Waals surface area contributed by atoms with Crippen LogP contribution in [-0.2, 0) is 4.79 Å². The average molecular weight is 348 g/mol. The van der Waals surface area contributed by atoms with E-state index in [0.29, 0.717) is 11.5 Å². The molecule has 0 radical (unpaired) electrons. The van der Waals surface area contributed by atoms with Crippen LogP contribution in [0.1, 0.15) is 34.1 Å². The lowest BCUT2D eigenvalue weighted by molar-refractivity contribution is -0.190. The van der Waals surface area contributed by atoms with Crippen molar-refractivity contribution in [1.82, 2.24) is 0 Å². The molecule has 8 atom stereocenters. The van der Waals surface area contributed by atoms with Gasteiger partial charge in [0.25, 0.3) is 0 Å². The first-order valence-electron chi connectivity index (χ1n) is 9.18. The van der Waals surface area contributed by atoms with E-state index >= 15 is 0 Å². The third-order valence-corrected chi connectivity index (χ3v) is 7.93. The van der Waals surface area contributed by atoms with Crippen molar-refractivity contribution in [2.24, 2.45) is 34.5 Å². The summed E-state index contributed by atoms with van der Waals surface area (Å²) in [6.07, 6.45) is 1.34. The molecule has 4 N–H and O–H groups in total. The van der Waals surface area contributed by atoms with Crippen molar-refractivity contribution >= 4 is 5.78 Å². The van der Waals surface area contributed by atoms with Gasteiger partial charge in [0.05, 0.1) is 12.0 Å². The fourth-order valence-electron chi connectivity index (χ4n) is 6.43. The Hall–Kier alpha value is -1.01. The molecule has 0 aromatic heterocycles. The van der Waals surface area contributed by atoms with Gasteiger partial charge in [0.2, 0.25) is 0 Å². The lowest BCUT2D eigenvalue weighted by Crippen LogP contribution is -2.65. The highest BCUT2D eigenvalue weighted by Crippen LogP contribution is 2.71. The SMILES string of the molecule is CC1=C[C@]23C(=O)[C@@H](C=C(CO)[C@@H](O)[C@]2(O)[C@H]1O)C1C(CC3C)C1(C)C. The van der Waals surface area contributed by atoms with Gasteiger partial charge in [-0.2, -0.15) is 0 Å². The Labute approximate surface area is 148 Å². The zero-order valence-corrected chi connectivity index (χ0v) is 15.2. The molecular weight excluding hydrogens is 320 g/mol. The molecule has 4 aliphatic carbocycles. The van der Waals surface area contributed by atoms with Crippen LogP contribution in [0, 0.1) is 34.5 Å². The minimum atomic E-state index is -2.03. The normalized spacial score (nSPS) is 53.2. The number of hydrogen-bond acceptors (Lipinski definition) is 5. The van der Waals surface area contributed by atoms with Crippen molar-refractivity contribution in [3.05, 3.63) is 23.3 Å². The molecule has 25 heavy (non-hydrogen) atoms. The molecule has 2 saturated carbocycles.